The summed E-state index contributed by atoms with van der Waals surface area (Å²) in [5, 5.41) is 1.79. The van der Waals surface area contributed by atoms with Gasteiger partial charge in [0.1, 0.15) is 5.82 Å². The molecule has 3 heterocycles. The Hall–Kier alpha value is -7.14. The summed E-state index contributed by atoms with van der Waals surface area (Å²) in [6, 6.07) is 73.1. The van der Waals surface area contributed by atoms with Crippen LogP contribution in [-0.2, 0) is 32.4 Å². The minimum atomic E-state index is -3.44. The quantitative estimate of drug-likeness (QED) is 0.135. The predicted octanol–water partition coefficient (Wildman–Crippen LogP) is 15.9. The Bertz CT molecular complexity index is 3360. The first-order valence-corrected chi connectivity index (χ1v) is 23.1. The van der Waals surface area contributed by atoms with E-state index in [1.807, 2.05) is 113 Å². The van der Waals surface area contributed by atoms with Crippen molar-refractivity contribution in [1.82, 2.24) is 9.55 Å². The van der Waals surface area contributed by atoms with Crippen LogP contribution in [0.2, 0.25) is 0 Å². The van der Waals surface area contributed by atoms with Crippen molar-refractivity contribution < 1.29 is 29.8 Å². The molecule has 12 rings (SSSR count). The molecular formula is C61H45F2N4Pt-3. The maximum Gasteiger partial charge on any atom is 0.254 e. The number of para-hydroxylation sites is 4. The van der Waals surface area contributed by atoms with Crippen molar-refractivity contribution in [1.29, 1.82) is 0 Å². The van der Waals surface area contributed by atoms with Gasteiger partial charge < -0.3 is 14.4 Å². The topological polar surface area (TPSA) is 24.3 Å². The van der Waals surface area contributed by atoms with E-state index >= 15 is 8.78 Å². The van der Waals surface area contributed by atoms with E-state index in [0.29, 0.717) is 17.0 Å². The molecule has 68 heavy (non-hydrogen) atoms. The van der Waals surface area contributed by atoms with Gasteiger partial charge in [0.15, 0.2) is 0 Å². The second-order valence-corrected chi connectivity index (χ2v) is 17.7. The van der Waals surface area contributed by atoms with Crippen LogP contribution in [0.3, 0.4) is 0 Å². The van der Waals surface area contributed by atoms with Gasteiger partial charge in [0.25, 0.3) is 5.92 Å². The molecule has 1 aliphatic heterocycles. The summed E-state index contributed by atoms with van der Waals surface area (Å²) < 4.78 is 36.8. The second-order valence-electron chi connectivity index (χ2n) is 17.7. The molecule has 4 nitrogen and oxygen atoms in total. The third-order valence-corrected chi connectivity index (χ3v) is 13.9. The molecule has 0 spiro atoms. The molecule has 0 radical (unpaired) electrons. The maximum absolute atomic E-state index is 17.4. The van der Waals surface area contributed by atoms with Crippen LogP contribution in [0.5, 0.6) is 0 Å². The summed E-state index contributed by atoms with van der Waals surface area (Å²) in [5.41, 5.74) is 10.8. The number of benzene rings is 8. The molecule has 0 saturated heterocycles. The Morgan fingerprint density at radius 1 is 0.529 bits per heavy atom. The largest absolute Gasteiger partial charge is 0.493 e. The molecule has 7 heteroatoms. The minimum absolute atomic E-state index is 0. The van der Waals surface area contributed by atoms with E-state index in [4.69, 9.17) is 4.98 Å². The zero-order valence-corrected chi connectivity index (χ0v) is 39.4. The van der Waals surface area contributed by atoms with E-state index in [1.54, 1.807) is 6.07 Å². The Morgan fingerprint density at radius 3 is 1.84 bits per heavy atom. The molecule has 0 unspecified atom stereocenters. The fourth-order valence-electron chi connectivity index (χ4n) is 10.7. The van der Waals surface area contributed by atoms with Crippen molar-refractivity contribution in [2.24, 2.45) is 0 Å². The van der Waals surface area contributed by atoms with E-state index in [0.717, 1.165) is 81.3 Å². The zero-order chi connectivity index (χ0) is 45.0. The molecule has 0 N–H and O–H groups in total. The van der Waals surface area contributed by atoms with E-state index in [9.17, 15) is 0 Å². The van der Waals surface area contributed by atoms with Crippen molar-refractivity contribution in [3.63, 3.8) is 0 Å². The molecule has 1 saturated carbocycles. The monoisotopic (exact) mass is 1070 g/mol. The average molecular weight is 1070 g/mol. The van der Waals surface area contributed by atoms with E-state index in [-0.39, 0.29) is 37.6 Å². The van der Waals surface area contributed by atoms with Crippen molar-refractivity contribution in [3.05, 3.63) is 247 Å². The number of hydrogen-bond acceptors (Lipinski definition) is 3. The third kappa shape index (κ3) is 7.34. The van der Waals surface area contributed by atoms with Gasteiger partial charge in [-0.05, 0) is 70.8 Å². The first-order valence-electron chi connectivity index (χ1n) is 23.1. The van der Waals surface area contributed by atoms with Gasteiger partial charge >= 0.3 is 0 Å². The maximum atomic E-state index is 17.4. The van der Waals surface area contributed by atoms with Crippen LogP contribution in [0.4, 0.5) is 31.5 Å². The first-order chi connectivity index (χ1) is 33.0. The summed E-state index contributed by atoms with van der Waals surface area (Å²) in [5.74, 6) is -2.76. The zero-order valence-electron chi connectivity index (χ0n) is 37.1. The molecule has 0 amide bonds. The van der Waals surface area contributed by atoms with Gasteiger partial charge in [-0.25, -0.2) is 13.8 Å². The van der Waals surface area contributed by atoms with Crippen LogP contribution in [0.25, 0.3) is 49.9 Å². The van der Waals surface area contributed by atoms with Crippen molar-refractivity contribution in [2.45, 2.75) is 43.4 Å². The van der Waals surface area contributed by atoms with Crippen LogP contribution in [0.1, 0.15) is 54.4 Å². The number of nitrogens with zero attached hydrogens (tertiary/aromatic N) is 4. The van der Waals surface area contributed by atoms with Crippen molar-refractivity contribution >= 4 is 44.6 Å². The van der Waals surface area contributed by atoms with Gasteiger partial charge in [-0.2, -0.15) is 36.4 Å². The number of fused-ring (bicyclic) bond motifs is 4. The summed E-state index contributed by atoms with van der Waals surface area (Å²) in [6.07, 6.45) is 7.46. The molecule has 8 aromatic carbocycles. The van der Waals surface area contributed by atoms with E-state index in [2.05, 4.69) is 108 Å². The van der Waals surface area contributed by atoms with Crippen molar-refractivity contribution in [2.75, 3.05) is 9.80 Å². The summed E-state index contributed by atoms with van der Waals surface area (Å²) >= 11 is 0. The van der Waals surface area contributed by atoms with Gasteiger partial charge in [0.2, 0.25) is 0 Å². The van der Waals surface area contributed by atoms with Crippen molar-refractivity contribution in [3.8, 4) is 28.1 Å². The predicted molar refractivity (Wildman–Crippen MR) is 268 cm³/mol. The SMILES string of the molecule is FC(F)(c1[c-]c(N2[CH-]N(c3c(-c4ccccc4)cccc3-c3ccccc3)c3ccccc32)ccc1)c1[c-]c2c(cc1)c1ccccc1n2-c1cc(C2(c3ccccc3)CCCCC2)ccn1.[Pt]. The Morgan fingerprint density at radius 2 is 1.13 bits per heavy atom. The van der Waals surface area contributed by atoms with Gasteiger partial charge in [-0.3, -0.25) is 0 Å². The van der Waals surface area contributed by atoms with Gasteiger partial charge in [0, 0.05) is 66.4 Å². The number of hydrogen-bond donors (Lipinski definition) is 0. The molecule has 2 aromatic heterocycles. The smallest absolute Gasteiger partial charge is 0.254 e. The molecule has 1 aliphatic carbocycles. The Labute approximate surface area is 410 Å². The first kappa shape index (κ1) is 43.4. The molecule has 0 atom stereocenters. The molecular weight excluding hydrogens is 1020 g/mol. The summed E-state index contributed by atoms with van der Waals surface area (Å²) in [7, 11) is 0. The van der Waals surface area contributed by atoms with Crippen LogP contribution in [0, 0.1) is 18.8 Å². The molecule has 336 valence electrons. The summed E-state index contributed by atoms with van der Waals surface area (Å²) in [6.45, 7) is 2.00. The fourth-order valence-corrected chi connectivity index (χ4v) is 10.7. The van der Waals surface area contributed by atoms with Crippen LogP contribution >= 0.6 is 0 Å². The number of rotatable bonds is 9. The van der Waals surface area contributed by atoms with E-state index < -0.39 is 5.92 Å². The number of anilines is 4. The van der Waals surface area contributed by atoms with Gasteiger partial charge in [-0.1, -0.05) is 175 Å². The number of aromatic nitrogens is 2. The Balaban J connectivity index is 0.00000507. The number of halogens is 2. The molecule has 10 aromatic rings. The number of pyridine rings is 1. The molecule has 1 fully saturated rings. The summed E-state index contributed by atoms with van der Waals surface area (Å²) in [4.78, 5) is 9.08. The van der Waals surface area contributed by atoms with Gasteiger partial charge in [0.05, 0.1) is 0 Å². The average Bonchev–Trinajstić information content (AvgIpc) is 3.95. The number of alkyl halides is 2. The van der Waals surface area contributed by atoms with Gasteiger partial charge in [-0.15, -0.1) is 23.8 Å². The normalized spacial score (nSPS) is 14.5. The fraction of sp³-hybridized carbons (Fsp3) is 0.115. The molecule has 2 aliphatic rings. The standard InChI is InChI=1S/C61H45F2N4.Pt/c62-61(63,48-33-34-53-52-27-11-12-30-54(52)67(57(53)40-48)58-41-46(35-38-64-58)60(36-15-4-16-37-60)45-23-9-3-10-24-45)47-25-17-26-49(39-47)65-42-66(56-32-14-13-31-55(56)65)59-50(43-19-5-1-6-20-43)28-18-29-51(59)44-21-7-2-8-22-44;/h1-3,5-14,17-35,38,41-42H,4,15-16,36-37H2;/q-3;. The molecule has 0 bridgehead atoms. The van der Waals surface area contributed by atoms with E-state index in [1.165, 1.54) is 29.7 Å². The third-order valence-electron chi connectivity index (χ3n) is 13.9. The Kier molecular flexibility index (Phi) is 11.4. The van der Waals surface area contributed by atoms with Crippen LogP contribution < -0.4 is 9.80 Å². The second kappa shape index (κ2) is 17.8. The van der Waals surface area contributed by atoms with Crippen LogP contribution in [0.15, 0.2) is 206 Å². The van der Waals surface area contributed by atoms with Crippen LogP contribution in [-0.4, -0.2) is 9.55 Å². The minimum Gasteiger partial charge on any atom is -0.493 e.